The third-order valence-electron chi connectivity index (χ3n) is 0.167. The summed E-state index contributed by atoms with van der Waals surface area (Å²) in [5, 5.41) is 17.9. The SMILES string of the molecule is F[B-](F)(F)F.F[B-](F)(F)F.O=C([O-])C(=O)[O-].[Li+].[Li+].[Li+].[Li+]. The van der Waals surface area contributed by atoms with Gasteiger partial charge in [0.05, 0.1) is 11.9 Å². The molecule has 0 N–H and O–H groups in total. The molecule has 0 bridgehead atoms. The van der Waals surface area contributed by atoms with Gasteiger partial charge in [0.1, 0.15) is 0 Å². The number of carboxylic acids is 2. The first-order valence-electron chi connectivity index (χ1n) is 2.81. The Morgan fingerprint density at radius 2 is 0.600 bits per heavy atom. The topological polar surface area (TPSA) is 80.3 Å². The zero-order chi connectivity index (χ0) is 14.2. The average Bonchev–Trinajstić information content (AvgIpc) is 1.77. The summed E-state index contributed by atoms with van der Waals surface area (Å²) in [6.45, 7) is 0. The van der Waals surface area contributed by atoms with Gasteiger partial charge in [-0.2, -0.15) is 0 Å². The molecule has 20 heavy (non-hydrogen) atoms. The molecule has 0 saturated carbocycles. The molecule has 0 aromatic heterocycles. The molecule has 0 spiro atoms. The minimum Gasteiger partial charge on any atom is -0.543 e. The van der Waals surface area contributed by atoms with Crippen molar-refractivity contribution in [3.63, 3.8) is 0 Å². The van der Waals surface area contributed by atoms with Crippen LogP contribution in [0, 0.1) is 0 Å². The van der Waals surface area contributed by atoms with Gasteiger partial charge < -0.3 is 54.3 Å². The smallest absolute Gasteiger partial charge is 0.543 e. The Morgan fingerprint density at radius 3 is 0.600 bits per heavy atom. The van der Waals surface area contributed by atoms with E-state index in [0.717, 1.165) is 0 Å². The van der Waals surface area contributed by atoms with E-state index in [2.05, 4.69) is 0 Å². The summed E-state index contributed by atoms with van der Waals surface area (Å²) in [5.74, 6) is -4.37. The maximum Gasteiger partial charge on any atom is 1.00 e. The molecule has 0 fully saturated rings. The summed E-state index contributed by atoms with van der Waals surface area (Å²) in [4.78, 5) is 17.9. The number of hydrogen-bond donors (Lipinski definition) is 0. The maximum absolute atomic E-state index is 9.75. The molecule has 0 aromatic carbocycles. The Kier molecular flexibility index (Phi) is 42.6. The van der Waals surface area contributed by atoms with Crippen molar-refractivity contribution in [2.75, 3.05) is 0 Å². The van der Waals surface area contributed by atoms with Gasteiger partial charge in [-0.25, -0.2) is 0 Å². The number of aliphatic carboxylic acids is 2. The van der Waals surface area contributed by atoms with Gasteiger partial charge in [0, 0.05) is 0 Å². The van der Waals surface area contributed by atoms with Gasteiger partial charge in [-0.1, -0.05) is 0 Å². The zero-order valence-corrected chi connectivity index (χ0v) is 10.8. The molecule has 0 aliphatic carbocycles. The van der Waals surface area contributed by atoms with Crippen molar-refractivity contribution in [3.05, 3.63) is 0 Å². The molecule has 0 heterocycles. The molecule has 0 unspecified atom stereocenters. The minimum absolute atomic E-state index is 0. The first-order chi connectivity index (χ1) is 6.64. The van der Waals surface area contributed by atoms with E-state index in [9.17, 15) is 34.5 Å². The Hall–Kier alpha value is 0.899. The van der Waals surface area contributed by atoms with Gasteiger partial charge in [-0.15, -0.1) is 0 Å². The Labute approximate surface area is 155 Å². The molecular formula is C2B2F8Li4O4. The van der Waals surface area contributed by atoms with Crippen LogP contribution in [0.4, 0.5) is 34.5 Å². The van der Waals surface area contributed by atoms with Gasteiger partial charge in [-0.05, 0) is 0 Å². The van der Waals surface area contributed by atoms with Crippen LogP contribution >= 0.6 is 0 Å². The predicted octanol–water partition coefficient (Wildman–Crippen LogP) is -12.9. The van der Waals surface area contributed by atoms with Crippen LogP contribution in [0.1, 0.15) is 0 Å². The molecule has 0 rings (SSSR count). The molecule has 0 aliphatic rings. The van der Waals surface area contributed by atoms with Crippen molar-refractivity contribution >= 4 is 26.4 Å². The second kappa shape index (κ2) is 19.9. The molecule has 0 aliphatic heterocycles. The first kappa shape index (κ1) is 42.8. The van der Waals surface area contributed by atoms with Crippen LogP contribution in [0.5, 0.6) is 0 Å². The molecule has 0 amide bonds. The first-order valence-corrected chi connectivity index (χ1v) is 2.81. The average molecular weight is 289 g/mol. The summed E-state index contributed by atoms with van der Waals surface area (Å²) in [6.07, 6.45) is 0. The van der Waals surface area contributed by atoms with Crippen LogP contribution in [-0.2, 0) is 9.59 Å². The van der Waals surface area contributed by atoms with Crippen molar-refractivity contribution in [1.82, 2.24) is 0 Å². The molecule has 0 saturated heterocycles. The second-order valence-electron chi connectivity index (χ2n) is 1.56. The third-order valence-corrected chi connectivity index (χ3v) is 0.167. The van der Waals surface area contributed by atoms with E-state index in [1.54, 1.807) is 0 Å². The van der Waals surface area contributed by atoms with Crippen molar-refractivity contribution in [2.24, 2.45) is 0 Å². The van der Waals surface area contributed by atoms with Crippen LogP contribution in [0.15, 0.2) is 0 Å². The molecule has 98 valence electrons. The quantitative estimate of drug-likeness (QED) is 0.252. The maximum atomic E-state index is 9.75. The molecule has 0 aromatic rings. The van der Waals surface area contributed by atoms with Gasteiger partial charge in [0.15, 0.2) is 0 Å². The summed E-state index contributed by atoms with van der Waals surface area (Å²) in [5.41, 5.74) is 0. The number of carbonyl (C=O) groups is 2. The number of halogens is 8. The van der Waals surface area contributed by atoms with E-state index in [-0.39, 0.29) is 75.4 Å². The van der Waals surface area contributed by atoms with E-state index in [1.165, 1.54) is 0 Å². The largest absolute Gasteiger partial charge is 1.00 e. The van der Waals surface area contributed by atoms with E-state index in [1.807, 2.05) is 0 Å². The van der Waals surface area contributed by atoms with Crippen molar-refractivity contribution < 1.29 is 130 Å². The summed E-state index contributed by atoms with van der Waals surface area (Å²) < 4.78 is 78.0. The number of hydrogen-bond acceptors (Lipinski definition) is 4. The van der Waals surface area contributed by atoms with E-state index in [4.69, 9.17) is 19.8 Å². The summed E-state index contributed by atoms with van der Waals surface area (Å²) in [6, 6.07) is 0. The van der Waals surface area contributed by atoms with Gasteiger partial charge in [0.2, 0.25) is 0 Å². The number of rotatable bonds is 0. The Bertz CT molecular complexity index is 199. The molecule has 18 heteroatoms. The van der Waals surface area contributed by atoms with Crippen molar-refractivity contribution in [1.29, 1.82) is 0 Å². The predicted molar refractivity (Wildman–Crippen MR) is 30.4 cm³/mol. The zero-order valence-electron chi connectivity index (χ0n) is 10.8. The third kappa shape index (κ3) is 252. The fraction of sp³-hybridized carbons (Fsp3) is 0. The van der Waals surface area contributed by atoms with Crippen molar-refractivity contribution in [3.8, 4) is 0 Å². The summed E-state index contributed by atoms with van der Waals surface area (Å²) in [7, 11) is -12.0. The molecule has 4 nitrogen and oxygen atoms in total. The van der Waals surface area contributed by atoms with Gasteiger partial charge >= 0.3 is 90.0 Å². The van der Waals surface area contributed by atoms with Crippen LogP contribution in [0.25, 0.3) is 0 Å². The molecular weight excluding hydrogens is 289 g/mol. The van der Waals surface area contributed by atoms with Crippen LogP contribution in [-0.4, -0.2) is 26.4 Å². The molecule has 0 atom stereocenters. The van der Waals surface area contributed by atoms with Crippen LogP contribution in [0.2, 0.25) is 0 Å². The fourth-order valence-electron chi connectivity index (χ4n) is 0. The van der Waals surface area contributed by atoms with Crippen molar-refractivity contribution in [2.45, 2.75) is 0 Å². The number of carbonyl (C=O) groups excluding carboxylic acids is 2. The Balaban J connectivity index is -0.0000000232. The second-order valence-corrected chi connectivity index (χ2v) is 1.56. The van der Waals surface area contributed by atoms with Gasteiger partial charge in [-0.3, -0.25) is 0 Å². The minimum atomic E-state index is -6.00. The van der Waals surface area contributed by atoms with Crippen LogP contribution in [0.3, 0.4) is 0 Å². The van der Waals surface area contributed by atoms with Gasteiger partial charge in [0.25, 0.3) is 0 Å². The van der Waals surface area contributed by atoms with E-state index in [0.29, 0.717) is 0 Å². The standard InChI is InChI=1S/C2H2O4.2BF4.4Li/c3-1(4)2(5)6;2*2-1(3,4)5;;;;/h(H,3,4)(H,5,6);;;;;;/q;2*-1;4*+1/p-2. The fourth-order valence-corrected chi connectivity index (χ4v) is 0. The molecule has 0 radical (unpaired) electrons. The Morgan fingerprint density at radius 1 is 0.550 bits per heavy atom. The summed E-state index contributed by atoms with van der Waals surface area (Å²) >= 11 is 0. The normalized spacial score (nSPS) is 8.20. The van der Waals surface area contributed by atoms with E-state index >= 15 is 0 Å². The van der Waals surface area contributed by atoms with Crippen LogP contribution < -0.4 is 85.7 Å². The van der Waals surface area contributed by atoms with E-state index < -0.39 is 26.4 Å². The number of carboxylic acid groups (broad SMARTS) is 2. The monoisotopic (exact) mass is 290 g/mol.